The van der Waals surface area contributed by atoms with Crippen LogP contribution in [0.1, 0.15) is 0 Å². The normalized spacial score (nSPS) is 14.3. The standard InChI is InChI=1S/C7H11F2N3O3S/c1-12-3-6(10-4-12)16(14,15)11-2-5(13)7(8)9/h3-5,7,11,13H,2H2,1H3. The molecule has 0 spiro atoms. The first-order valence-electron chi connectivity index (χ1n) is 4.27. The summed E-state index contributed by atoms with van der Waals surface area (Å²) in [6.45, 7) is -0.753. The number of aryl methyl sites for hydroxylation is 1. The van der Waals surface area contributed by atoms with Crippen molar-refractivity contribution >= 4 is 10.0 Å². The van der Waals surface area contributed by atoms with Crippen LogP contribution in [0.4, 0.5) is 8.78 Å². The summed E-state index contributed by atoms with van der Waals surface area (Å²) in [4.78, 5) is 3.55. The predicted molar refractivity (Wildman–Crippen MR) is 50.4 cm³/mol. The second-order valence-corrected chi connectivity index (χ2v) is 4.84. The summed E-state index contributed by atoms with van der Waals surface area (Å²) in [5.41, 5.74) is 0. The summed E-state index contributed by atoms with van der Waals surface area (Å²) in [6.07, 6.45) is -2.54. The number of nitrogens with one attached hydrogen (secondary N) is 1. The summed E-state index contributed by atoms with van der Waals surface area (Å²) in [6, 6.07) is 0. The summed E-state index contributed by atoms with van der Waals surface area (Å²) < 4.78 is 49.9. The highest BCUT2D eigenvalue weighted by molar-refractivity contribution is 7.89. The molecule has 0 saturated carbocycles. The van der Waals surface area contributed by atoms with E-state index in [1.54, 1.807) is 7.05 Å². The Bertz CT molecular complexity index is 445. The smallest absolute Gasteiger partial charge is 0.265 e. The van der Waals surface area contributed by atoms with Crippen LogP contribution < -0.4 is 4.72 Å². The lowest BCUT2D eigenvalue weighted by atomic mass is 10.4. The van der Waals surface area contributed by atoms with Crippen LogP contribution in [-0.4, -0.2) is 42.1 Å². The third kappa shape index (κ3) is 3.22. The van der Waals surface area contributed by atoms with E-state index < -0.39 is 29.1 Å². The van der Waals surface area contributed by atoms with E-state index >= 15 is 0 Å². The molecule has 6 nitrogen and oxygen atoms in total. The van der Waals surface area contributed by atoms with Gasteiger partial charge in [0.25, 0.3) is 16.4 Å². The van der Waals surface area contributed by atoms with E-state index in [0.717, 1.165) is 0 Å². The van der Waals surface area contributed by atoms with Gasteiger partial charge in [-0.25, -0.2) is 26.9 Å². The van der Waals surface area contributed by atoms with E-state index in [9.17, 15) is 17.2 Å². The van der Waals surface area contributed by atoms with Crippen LogP contribution in [0.2, 0.25) is 0 Å². The molecule has 1 atom stereocenters. The van der Waals surface area contributed by atoms with Crippen LogP contribution in [0.15, 0.2) is 17.6 Å². The number of aliphatic hydroxyl groups is 1. The Hall–Kier alpha value is -1.06. The molecule has 1 heterocycles. The topological polar surface area (TPSA) is 84.2 Å². The van der Waals surface area contributed by atoms with Crippen LogP contribution in [-0.2, 0) is 17.1 Å². The zero-order valence-electron chi connectivity index (χ0n) is 8.34. The second-order valence-electron chi connectivity index (χ2n) is 3.13. The maximum absolute atomic E-state index is 11.9. The minimum atomic E-state index is -3.94. The maximum Gasteiger partial charge on any atom is 0.265 e. The minimum Gasteiger partial charge on any atom is -0.386 e. The first kappa shape index (κ1) is 13.0. The molecule has 0 aliphatic rings. The van der Waals surface area contributed by atoms with Crippen LogP contribution >= 0.6 is 0 Å². The van der Waals surface area contributed by atoms with Gasteiger partial charge in [-0.15, -0.1) is 0 Å². The SMILES string of the molecule is Cn1cnc(S(=O)(=O)NCC(O)C(F)F)c1. The molecule has 1 aromatic heterocycles. The van der Waals surface area contributed by atoms with Gasteiger partial charge < -0.3 is 9.67 Å². The van der Waals surface area contributed by atoms with Gasteiger partial charge in [-0.2, -0.15) is 0 Å². The zero-order chi connectivity index (χ0) is 12.3. The average molecular weight is 255 g/mol. The van der Waals surface area contributed by atoms with Gasteiger partial charge >= 0.3 is 0 Å². The van der Waals surface area contributed by atoms with Crippen LogP contribution in [0.3, 0.4) is 0 Å². The molecule has 0 bridgehead atoms. The molecule has 1 aromatic rings. The number of aliphatic hydroxyl groups excluding tert-OH is 1. The van der Waals surface area contributed by atoms with Crippen LogP contribution in [0.5, 0.6) is 0 Å². The molecule has 1 rings (SSSR count). The van der Waals surface area contributed by atoms with Crippen molar-refractivity contribution in [1.82, 2.24) is 14.3 Å². The summed E-state index contributed by atoms with van der Waals surface area (Å²) in [7, 11) is -2.37. The molecule has 0 amide bonds. The molecule has 0 aliphatic heterocycles. The number of nitrogens with zero attached hydrogens (tertiary/aromatic N) is 2. The molecule has 1 unspecified atom stereocenters. The molecule has 0 saturated heterocycles. The van der Waals surface area contributed by atoms with Gasteiger partial charge in [-0.3, -0.25) is 0 Å². The van der Waals surface area contributed by atoms with Crippen molar-refractivity contribution in [2.45, 2.75) is 17.6 Å². The molecule has 0 radical (unpaired) electrons. The van der Waals surface area contributed by atoms with E-state index in [2.05, 4.69) is 4.98 Å². The van der Waals surface area contributed by atoms with Crippen molar-refractivity contribution in [3.63, 3.8) is 0 Å². The lowest BCUT2D eigenvalue weighted by Gasteiger charge is -2.09. The monoisotopic (exact) mass is 255 g/mol. The fourth-order valence-electron chi connectivity index (χ4n) is 0.886. The number of alkyl halides is 2. The van der Waals surface area contributed by atoms with Gasteiger partial charge in [0.2, 0.25) is 0 Å². The van der Waals surface area contributed by atoms with Crippen molar-refractivity contribution in [3.8, 4) is 0 Å². The van der Waals surface area contributed by atoms with Crippen LogP contribution in [0, 0.1) is 0 Å². The Morgan fingerprint density at radius 2 is 2.25 bits per heavy atom. The van der Waals surface area contributed by atoms with Crippen molar-refractivity contribution in [2.24, 2.45) is 7.05 Å². The highest BCUT2D eigenvalue weighted by Crippen LogP contribution is 2.05. The van der Waals surface area contributed by atoms with E-state index in [4.69, 9.17) is 5.11 Å². The average Bonchev–Trinajstić information content (AvgIpc) is 2.61. The Kier molecular flexibility index (Phi) is 3.94. The van der Waals surface area contributed by atoms with Gasteiger partial charge in [0.1, 0.15) is 6.10 Å². The quantitative estimate of drug-likeness (QED) is 0.730. The van der Waals surface area contributed by atoms with E-state index in [-0.39, 0.29) is 5.03 Å². The number of hydrogen-bond donors (Lipinski definition) is 2. The van der Waals surface area contributed by atoms with E-state index in [1.807, 2.05) is 4.72 Å². The third-order valence-corrected chi connectivity index (χ3v) is 3.04. The largest absolute Gasteiger partial charge is 0.386 e. The third-order valence-electron chi connectivity index (χ3n) is 1.73. The number of sulfonamides is 1. The first-order valence-corrected chi connectivity index (χ1v) is 5.75. The van der Waals surface area contributed by atoms with Crippen LogP contribution in [0.25, 0.3) is 0 Å². The lowest BCUT2D eigenvalue weighted by molar-refractivity contribution is -0.000458. The Morgan fingerprint density at radius 3 is 2.69 bits per heavy atom. The number of halogens is 2. The molecular weight excluding hydrogens is 244 g/mol. The zero-order valence-corrected chi connectivity index (χ0v) is 9.16. The van der Waals surface area contributed by atoms with Crippen molar-refractivity contribution in [1.29, 1.82) is 0 Å². The number of rotatable bonds is 5. The molecule has 0 aromatic carbocycles. The summed E-state index contributed by atoms with van der Waals surface area (Å²) in [5.74, 6) is 0. The first-order chi connectivity index (χ1) is 7.33. The van der Waals surface area contributed by atoms with E-state index in [0.29, 0.717) is 0 Å². The van der Waals surface area contributed by atoms with Gasteiger partial charge in [-0.05, 0) is 0 Å². The summed E-state index contributed by atoms with van der Waals surface area (Å²) in [5, 5.41) is 8.46. The molecule has 16 heavy (non-hydrogen) atoms. The molecule has 9 heteroatoms. The van der Waals surface area contributed by atoms with Crippen molar-refractivity contribution in [2.75, 3.05) is 6.54 Å². The Labute approximate surface area is 91.0 Å². The molecular formula is C7H11F2N3O3S. The predicted octanol–water partition coefficient (Wildman–Crippen LogP) is -0.676. The second kappa shape index (κ2) is 4.85. The number of aromatic nitrogens is 2. The fourth-order valence-corrected chi connectivity index (χ4v) is 1.91. The number of hydrogen-bond acceptors (Lipinski definition) is 4. The van der Waals surface area contributed by atoms with Gasteiger partial charge in [-0.1, -0.05) is 0 Å². The maximum atomic E-state index is 11.9. The molecule has 2 N–H and O–H groups in total. The Balaban J connectivity index is 2.67. The Morgan fingerprint density at radius 1 is 1.62 bits per heavy atom. The van der Waals surface area contributed by atoms with Gasteiger partial charge in [0.05, 0.1) is 6.33 Å². The number of imidazole rings is 1. The van der Waals surface area contributed by atoms with Gasteiger partial charge in [0, 0.05) is 19.8 Å². The van der Waals surface area contributed by atoms with Crippen molar-refractivity contribution < 1.29 is 22.3 Å². The van der Waals surface area contributed by atoms with Crippen molar-refractivity contribution in [3.05, 3.63) is 12.5 Å². The highest BCUT2D eigenvalue weighted by Gasteiger charge is 2.22. The summed E-state index contributed by atoms with van der Waals surface area (Å²) >= 11 is 0. The molecule has 0 fully saturated rings. The fraction of sp³-hybridized carbons (Fsp3) is 0.571. The minimum absolute atomic E-state index is 0.281. The molecule has 92 valence electrons. The lowest BCUT2D eigenvalue weighted by Crippen LogP contribution is -2.35. The highest BCUT2D eigenvalue weighted by atomic mass is 32.2. The molecule has 0 aliphatic carbocycles. The van der Waals surface area contributed by atoms with Gasteiger partial charge in [0.15, 0.2) is 5.03 Å². The van der Waals surface area contributed by atoms with E-state index in [1.165, 1.54) is 17.1 Å².